The fraction of sp³-hybridized carbons (Fsp3) is 0.263. The summed E-state index contributed by atoms with van der Waals surface area (Å²) in [6, 6.07) is 14.0. The fourth-order valence-corrected chi connectivity index (χ4v) is 3.84. The number of para-hydroxylation sites is 1. The van der Waals surface area contributed by atoms with Crippen LogP contribution in [-0.2, 0) is 0 Å². The van der Waals surface area contributed by atoms with Gasteiger partial charge >= 0.3 is 0 Å². The monoisotopic (exact) mass is 337 g/mol. The average molecular weight is 337 g/mol. The third kappa shape index (κ3) is 3.05. The van der Waals surface area contributed by atoms with Gasteiger partial charge in [0.25, 0.3) is 5.91 Å². The van der Waals surface area contributed by atoms with E-state index in [1.165, 1.54) is 0 Å². The van der Waals surface area contributed by atoms with Crippen LogP contribution in [0, 0.1) is 0 Å². The molecule has 1 fully saturated rings. The molecule has 0 saturated carbocycles. The Kier molecular flexibility index (Phi) is 4.28. The van der Waals surface area contributed by atoms with Crippen molar-refractivity contribution in [2.75, 3.05) is 13.1 Å². The summed E-state index contributed by atoms with van der Waals surface area (Å²) in [5.74, 6) is -0.0138. The zero-order valence-electron chi connectivity index (χ0n) is 13.3. The number of amides is 1. The number of hydrogen-bond donors (Lipinski definition) is 2. The van der Waals surface area contributed by atoms with Crippen LogP contribution >= 0.6 is 11.3 Å². The smallest absolute Gasteiger partial charge is 0.252 e. The molecule has 5 heteroatoms. The molecule has 1 atom stereocenters. The highest BCUT2D eigenvalue weighted by molar-refractivity contribution is 7.13. The van der Waals surface area contributed by atoms with Gasteiger partial charge < -0.3 is 10.6 Å². The molecule has 0 radical (unpaired) electrons. The van der Waals surface area contributed by atoms with Crippen LogP contribution in [0.5, 0.6) is 0 Å². The average Bonchev–Trinajstić information content (AvgIpc) is 3.16. The Morgan fingerprint density at radius 1 is 1.25 bits per heavy atom. The predicted octanol–water partition coefficient (Wildman–Crippen LogP) is 3.45. The molecular weight excluding hydrogens is 318 g/mol. The van der Waals surface area contributed by atoms with E-state index in [9.17, 15) is 4.79 Å². The lowest BCUT2D eigenvalue weighted by atomic mass is 10.0. The van der Waals surface area contributed by atoms with Crippen LogP contribution in [0.4, 0.5) is 0 Å². The third-order valence-corrected chi connectivity index (χ3v) is 5.26. The van der Waals surface area contributed by atoms with Crippen LogP contribution < -0.4 is 10.6 Å². The van der Waals surface area contributed by atoms with Crippen molar-refractivity contribution in [1.82, 2.24) is 15.6 Å². The number of nitrogens with zero attached hydrogens (tertiary/aromatic N) is 1. The zero-order valence-corrected chi connectivity index (χ0v) is 14.1. The van der Waals surface area contributed by atoms with E-state index in [1.54, 1.807) is 11.3 Å². The van der Waals surface area contributed by atoms with E-state index >= 15 is 0 Å². The van der Waals surface area contributed by atoms with E-state index in [1.807, 2.05) is 47.8 Å². The van der Waals surface area contributed by atoms with E-state index < -0.39 is 0 Å². The molecule has 0 spiro atoms. The van der Waals surface area contributed by atoms with Crippen LogP contribution in [0.25, 0.3) is 21.5 Å². The number of nitrogens with one attached hydrogen (secondary N) is 2. The first-order valence-electron chi connectivity index (χ1n) is 8.26. The van der Waals surface area contributed by atoms with Crippen molar-refractivity contribution in [2.24, 2.45) is 0 Å². The maximum absolute atomic E-state index is 12.9. The molecule has 4 nitrogen and oxygen atoms in total. The molecule has 1 amide bonds. The van der Waals surface area contributed by atoms with Crippen molar-refractivity contribution in [2.45, 2.75) is 18.9 Å². The number of hydrogen-bond acceptors (Lipinski definition) is 4. The van der Waals surface area contributed by atoms with Crippen molar-refractivity contribution in [3.05, 3.63) is 53.4 Å². The van der Waals surface area contributed by atoms with Crippen LogP contribution in [-0.4, -0.2) is 30.0 Å². The minimum atomic E-state index is -0.0138. The molecule has 2 aromatic heterocycles. The Morgan fingerprint density at radius 2 is 2.17 bits per heavy atom. The fourth-order valence-electron chi connectivity index (χ4n) is 3.15. The van der Waals surface area contributed by atoms with Gasteiger partial charge in [0.2, 0.25) is 0 Å². The van der Waals surface area contributed by atoms with Crippen LogP contribution in [0.15, 0.2) is 47.8 Å². The van der Waals surface area contributed by atoms with E-state index in [0.717, 1.165) is 47.4 Å². The van der Waals surface area contributed by atoms with Gasteiger partial charge in [-0.15, -0.1) is 11.3 Å². The van der Waals surface area contributed by atoms with Gasteiger partial charge in [-0.05, 0) is 43.0 Å². The summed E-state index contributed by atoms with van der Waals surface area (Å²) in [6.45, 7) is 1.87. The topological polar surface area (TPSA) is 54.0 Å². The van der Waals surface area contributed by atoms with Crippen LogP contribution in [0.1, 0.15) is 23.2 Å². The number of pyridine rings is 1. The molecule has 3 aromatic rings. The standard InChI is InChI=1S/C19H19N3OS/c23-19(21-13-5-3-9-20-12-13)15-11-17(18-8-4-10-24-18)22-16-7-2-1-6-14(15)16/h1-2,4,6-8,10-11,13,20H,3,5,9,12H2,(H,21,23). The number of thiophene rings is 1. The summed E-state index contributed by atoms with van der Waals surface area (Å²) < 4.78 is 0. The third-order valence-electron chi connectivity index (χ3n) is 4.37. The Bertz CT molecular complexity index is 854. The number of aromatic nitrogens is 1. The van der Waals surface area contributed by atoms with Gasteiger partial charge in [0.05, 0.1) is 21.7 Å². The highest BCUT2D eigenvalue weighted by atomic mass is 32.1. The van der Waals surface area contributed by atoms with Crippen LogP contribution in [0.3, 0.4) is 0 Å². The van der Waals surface area contributed by atoms with E-state index in [0.29, 0.717) is 5.56 Å². The molecular formula is C19H19N3OS. The van der Waals surface area contributed by atoms with Gasteiger partial charge in [0, 0.05) is 18.0 Å². The van der Waals surface area contributed by atoms with Crippen molar-refractivity contribution in [1.29, 1.82) is 0 Å². The highest BCUT2D eigenvalue weighted by Gasteiger charge is 2.19. The zero-order chi connectivity index (χ0) is 16.4. The summed E-state index contributed by atoms with van der Waals surface area (Å²) in [4.78, 5) is 18.7. The molecule has 1 saturated heterocycles. The lowest BCUT2D eigenvalue weighted by molar-refractivity contribution is 0.0932. The second-order valence-corrected chi connectivity index (χ2v) is 7.01. The van der Waals surface area contributed by atoms with Gasteiger partial charge in [0.15, 0.2) is 0 Å². The number of rotatable bonds is 3. The van der Waals surface area contributed by atoms with Gasteiger partial charge in [-0.25, -0.2) is 4.98 Å². The Labute approximate surface area is 144 Å². The molecule has 24 heavy (non-hydrogen) atoms. The van der Waals surface area contributed by atoms with Gasteiger partial charge in [0.1, 0.15) is 0 Å². The number of carbonyl (C=O) groups excluding carboxylic acids is 1. The molecule has 3 heterocycles. The van der Waals surface area contributed by atoms with Crippen molar-refractivity contribution in [3.63, 3.8) is 0 Å². The Hall–Kier alpha value is -2.24. The SMILES string of the molecule is O=C(NC1CCCNC1)c1cc(-c2cccs2)nc2ccccc12. The molecule has 122 valence electrons. The molecule has 4 rings (SSSR count). The molecule has 1 aliphatic heterocycles. The number of piperidine rings is 1. The molecule has 0 bridgehead atoms. The largest absolute Gasteiger partial charge is 0.348 e. The minimum Gasteiger partial charge on any atom is -0.348 e. The summed E-state index contributed by atoms with van der Waals surface area (Å²) in [6.07, 6.45) is 2.13. The van der Waals surface area contributed by atoms with Crippen molar-refractivity contribution >= 4 is 28.1 Å². The van der Waals surface area contributed by atoms with Crippen molar-refractivity contribution in [3.8, 4) is 10.6 Å². The summed E-state index contributed by atoms with van der Waals surface area (Å²) >= 11 is 1.64. The second-order valence-electron chi connectivity index (χ2n) is 6.07. The second kappa shape index (κ2) is 6.71. The van der Waals surface area contributed by atoms with Crippen LogP contribution in [0.2, 0.25) is 0 Å². The van der Waals surface area contributed by atoms with E-state index in [2.05, 4.69) is 10.6 Å². The first kappa shape index (κ1) is 15.3. The predicted molar refractivity (Wildman–Crippen MR) is 98.4 cm³/mol. The first-order valence-corrected chi connectivity index (χ1v) is 9.14. The quantitative estimate of drug-likeness (QED) is 0.770. The Morgan fingerprint density at radius 3 is 2.96 bits per heavy atom. The van der Waals surface area contributed by atoms with Gasteiger partial charge in [-0.1, -0.05) is 24.3 Å². The summed E-state index contributed by atoms with van der Waals surface area (Å²) in [5.41, 5.74) is 2.42. The molecule has 0 aliphatic carbocycles. The summed E-state index contributed by atoms with van der Waals surface area (Å²) in [7, 11) is 0. The maximum Gasteiger partial charge on any atom is 0.252 e. The van der Waals surface area contributed by atoms with E-state index in [-0.39, 0.29) is 11.9 Å². The number of carbonyl (C=O) groups is 1. The molecule has 1 aromatic carbocycles. The lowest BCUT2D eigenvalue weighted by Crippen LogP contribution is -2.45. The highest BCUT2D eigenvalue weighted by Crippen LogP contribution is 2.28. The molecule has 1 unspecified atom stereocenters. The molecule has 2 N–H and O–H groups in total. The van der Waals surface area contributed by atoms with E-state index in [4.69, 9.17) is 4.98 Å². The number of benzene rings is 1. The normalized spacial score (nSPS) is 17.8. The minimum absolute atomic E-state index is 0.0138. The lowest BCUT2D eigenvalue weighted by Gasteiger charge is -2.24. The van der Waals surface area contributed by atoms with Crippen molar-refractivity contribution < 1.29 is 4.79 Å². The molecule has 1 aliphatic rings. The Balaban J connectivity index is 1.73. The number of fused-ring (bicyclic) bond motifs is 1. The van der Waals surface area contributed by atoms with Gasteiger partial charge in [-0.3, -0.25) is 4.79 Å². The summed E-state index contributed by atoms with van der Waals surface area (Å²) in [5, 5.41) is 9.44. The van der Waals surface area contributed by atoms with Gasteiger partial charge in [-0.2, -0.15) is 0 Å². The first-order chi connectivity index (χ1) is 11.8. The maximum atomic E-state index is 12.9.